The summed E-state index contributed by atoms with van der Waals surface area (Å²) in [5.41, 5.74) is 6.25. The normalized spacial score (nSPS) is 12.5. The first kappa shape index (κ1) is 24.9. The minimum atomic E-state index is -0.397. The largest absolute Gasteiger partial charge is 0.355 e. The Labute approximate surface area is 237 Å². The lowest BCUT2D eigenvalue weighted by Gasteiger charge is -2.06. The lowest BCUT2D eigenvalue weighted by atomic mass is 10.0. The third-order valence-corrected chi connectivity index (χ3v) is 7.22. The fourth-order valence-corrected chi connectivity index (χ4v) is 5.37. The van der Waals surface area contributed by atoms with Gasteiger partial charge in [0.1, 0.15) is 0 Å². The van der Waals surface area contributed by atoms with Gasteiger partial charge in [-0.3, -0.25) is 20.2 Å². The molecule has 1 aliphatic rings. The van der Waals surface area contributed by atoms with Crippen LogP contribution in [0.3, 0.4) is 0 Å². The molecular weight excluding hydrogens is 532 g/mol. The minimum absolute atomic E-state index is 0.0115. The second-order valence-electron chi connectivity index (χ2n) is 9.96. The summed E-state index contributed by atoms with van der Waals surface area (Å²) in [6.45, 7) is 0. The van der Waals surface area contributed by atoms with Crippen LogP contribution in [0.2, 0.25) is 0 Å². The number of non-ortho nitro benzene ring substituents is 2. The van der Waals surface area contributed by atoms with Crippen LogP contribution in [0.5, 0.6) is 0 Å². The number of aromatic amines is 4. The Hall–Kier alpha value is -6.16. The predicted octanol–water partition coefficient (Wildman–Crippen LogP) is 3.28. The van der Waals surface area contributed by atoms with Crippen LogP contribution in [0.1, 0.15) is 33.9 Å². The maximum atomic E-state index is 11.5. The van der Waals surface area contributed by atoms with Crippen molar-refractivity contribution in [1.82, 2.24) is 19.9 Å². The third kappa shape index (κ3) is 4.52. The van der Waals surface area contributed by atoms with Crippen LogP contribution in [0.25, 0.3) is 23.3 Å². The smallest absolute Gasteiger partial charge is 0.270 e. The second kappa shape index (κ2) is 9.79. The summed E-state index contributed by atoms with van der Waals surface area (Å²) in [6.07, 6.45) is 3.92. The van der Waals surface area contributed by atoms with E-state index in [-0.39, 0.29) is 11.4 Å². The summed E-state index contributed by atoms with van der Waals surface area (Å²) < 4.78 is 0. The van der Waals surface area contributed by atoms with E-state index in [1.165, 1.54) is 12.1 Å². The van der Waals surface area contributed by atoms with Gasteiger partial charge < -0.3 is 19.9 Å². The fraction of sp³-hybridized carbons (Fsp3) is 0. The highest BCUT2D eigenvalue weighted by Gasteiger charge is 2.16. The topological polar surface area (TPSA) is 149 Å². The quantitative estimate of drug-likeness (QED) is 0.195. The van der Waals surface area contributed by atoms with Crippen LogP contribution in [0.4, 0.5) is 11.4 Å². The summed E-state index contributed by atoms with van der Waals surface area (Å²) in [5, 5.41) is 26.3. The summed E-state index contributed by atoms with van der Waals surface area (Å²) in [6, 6.07) is 28.8. The van der Waals surface area contributed by atoms with E-state index in [4.69, 9.17) is 0 Å². The molecule has 5 heterocycles. The number of fused-ring (bicyclic) bond motifs is 8. The van der Waals surface area contributed by atoms with Gasteiger partial charge in [0.2, 0.25) is 0 Å². The second-order valence-corrected chi connectivity index (χ2v) is 9.96. The Morgan fingerprint density at radius 3 is 1.38 bits per heavy atom. The molecule has 0 aliphatic carbocycles. The Morgan fingerprint density at radius 1 is 0.500 bits per heavy atom. The standard InChI is InChI=1S/C32H22N6O4/c39-37(40)25-5-1-3-19(15-25)31-27-11-7-21(33-27)17-23-9-13-29(35-23)32(20-4-2-6-26(16-20)38(41)42)30-14-10-24(36-30)18-22-8-12-28(31)34-22/h1-18,33-36H. The van der Waals surface area contributed by atoms with Gasteiger partial charge >= 0.3 is 0 Å². The molecule has 8 bridgehead atoms. The van der Waals surface area contributed by atoms with E-state index in [1.807, 2.05) is 72.8 Å². The fourth-order valence-electron chi connectivity index (χ4n) is 5.37. The van der Waals surface area contributed by atoms with E-state index in [9.17, 15) is 20.2 Å². The van der Waals surface area contributed by atoms with Crippen molar-refractivity contribution in [3.8, 4) is 0 Å². The van der Waals surface area contributed by atoms with Gasteiger partial charge in [-0.1, -0.05) is 24.3 Å². The van der Waals surface area contributed by atoms with E-state index in [1.54, 1.807) is 24.3 Å². The number of hydrogen-bond donors (Lipinski definition) is 4. The molecule has 204 valence electrons. The minimum Gasteiger partial charge on any atom is -0.355 e. The van der Waals surface area contributed by atoms with Gasteiger partial charge in [0.25, 0.3) is 11.4 Å². The number of H-pyrrole nitrogens is 4. The third-order valence-electron chi connectivity index (χ3n) is 7.22. The molecule has 42 heavy (non-hydrogen) atoms. The van der Waals surface area contributed by atoms with E-state index in [0.717, 1.165) is 55.3 Å². The van der Waals surface area contributed by atoms with Crippen LogP contribution < -0.4 is 21.4 Å². The van der Waals surface area contributed by atoms with Crippen molar-refractivity contribution in [2.45, 2.75) is 0 Å². The van der Waals surface area contributed by atoms with Gasteiger partial charge in [0.05, 0.1) is 9.85 Å². The van der Waals surface area contributed by atoms with Crippen LogP contribution >= 0.6 is 0 Å². The molecule has 4 aromatic heterocycles. The van der Waals surface area contributed by atoms with Crippen molar-refractivity contribution in [1.29, 1.82) is 0 Å². The van der Waals surface area contributed by atoms with Gasteiger partial charge in [0, 0.05) is 79.6 Å². The molecule has 6 aromatic rings. The molecule has 1 aliphatic heterocycles. The SMILES string of the molecule is O=[N+]([O-])c1cccc(C2=c3ccc([nH]3)=Cc3ccc([nH]3)C(c3cccc([N+](=O)[O-])c3)=c3ccc([nH]3)=Cc3ccc2[nH]3)c1. The van der Waals surface area contributed by atoms with E-state index in [2.05, 4.69) is 19.9 Å². The molecule has 0 radical (unpaired) electrons. The summed E-state index contributed by atoms with van der Waals surface area (Å²) in [5.74, 6) is 0. The molecule has 0 unspecified atom stereocenters. The number of aromatic nitrogens is 4. The van der Waals surface area contributed by atoms with Crippen molar-refractivity contribution in [3.63, 3.8) is 0 Å². The van der Waals surface area contributed by atoms with Crippen molar-refractivity contribution in [3.05, 3.63) is 173 Å². The monoisotopic (exact) mass is 554 g/mol. The average Bonchev–Trinajstić information content (AvgIpc) is 3.80. The van der Waals surface area contributed by atoms with Crippen molar-refractivity contribution in [2.75, 3.05) is 0 Å². The zero-order valence-corrected chi connectivity index (χ0v) is 21.9. The highest BCUT2D eigenvalue weighted by Crippen LogP contribution is 2.25. The zero-order chi connectivity index (χ0) is 28.8. The Kier molecular flexibility index (Phi) is 5.79. The molecule has 0 saturated carbocycles. The highest BCUT2D eigenvalue weighted by atomic mass is 16.6. The molecule has 0 saturated heterocycles. The molecule has 2 aromatic carbocycles. The number of nitrogens with zero attached hydrogens (tertiary/aromatic N) is 2. The van der Waals surface area contributed by atoms with Crippen molar-refractivity contribution < 1.29 is 9.85 Å². The Balaban J connectivity index is 1.50. The molecule has 4 N–H and O–H groups in total. The first-order valence-electron chi connectivity index (χ1n) is 13.1. The van der Waals surface area contributed by atoms with Gasteiger partial charge in [-0.05, 0) is 71.8 Å². The van der Waals surface area contributed by atoms with Gasteiger partial charge in [0.15, 0.2) is 0 Å². The van der Waals surface area contributed by atoms with Crippen LogP contribution in [0.15, 0.2) is 97.1 Å². The van der Waals surface area contributed by atoms with Crippen LogP contribution in [-0.4, -0.2) is 29.8 Å². The Bertz CT molecular complexity index is 2120. The number of nitro groups is 2. The number of benzene rings is 2. The molecule has 0 amide bonds. The van der Waals surface area contributed by atoms with Crippen molar-refractivity contribution in [2.24, 2.45) is 0 Å². The summed E-state index contributed by atoms with van der Waals surface area (Å²) >= 11 is 0. The molecule has 0 spiro atoms. The molecule has 10 nitrogen and oxygen atoms in total. The maximum Gasteiger partial charge on any atom is 0.270 e. The lowest BCUT2D eigenvalue weighted by Crippen LogP contribution is -2.16. The predicted molar refractivity (Wildman–Crippen MR) is 158 cm³/mol. The molecular formula is C32H22N6O4. The van der Waals surface area contributed by atoms with Gasteiger partial charge in [-0.25, -0.2) is 0 Å². The van der Waals surface area contributed by atoms with Crippen LogP contribution in [0, 0.1) is 20.2 Å². The maximum absolute atomic E-state index is 11.5. The lowest BCUT2D eigenvalue weighted by molar-refractivity contribution is -0.385. The molecule has 10 heteroatoms. The van der Waals surface area contributed by atoms with Crippen molar-refractivity contribution >= 4 is 34.7 Å². The van der Waals surface area contributed by atoms with E-state index >= 15 is 0 Å². The number of hydrogen-bond acceptors (Lipinski definition) is 4. The Morgan fingerprint density at radius 2 is 0.952 bits per heavy atom. The van der Waals surface area contributed by atoms with E-state index < -0.39 is 9.85 Å². The average molecular weight is 555 g/mol. The van der Waals surface area contributed by atoms with Gasteiger partial charge in [-0.15, -0.1) is 0 Å². The molecule has 0 atom stereocenters. The van der Waals surface area contributed by atoms with E-state index in [0.29, 0.717) is 11.1 Å². The first-order chi connectivity index (χ1) is 20.4. The molecule has 7 rings (SSSR count). The molecule has 0 fully saturated rings. The zero-order valence-electron chi connectivity index (χ0n) is 21.9. The highest BCUT2D eigenvalue weighted by molar-refractivity contribution is 5.80. The summed E-state index contributed by atoms with van der Waals surface area (Å²) in [4.78, 5) is 36.1. The van der Waals surface area contributed by atoms with Crippen LogP contribution in [-0.2, 0) is 0 Å². The first-order valence-corrected chi connectivity index (χ1v) is 13.1. The number of rotatable bonds is 4. The van der Waals surface area contributed by atoms with Gasteiger partial charge in [-0.2, -0.15) is 0 Å². The number of nitro benzene ring substituents is 2. The number of nitrogens with one attached hydrogen (secondary N) is 4. The summed E-state index contributed by atoms with van der Waals surface area (Å²) in [7, 11) is 0.